The molecule has 2 aromatic rings. The van der Waals surface area contributed by atoms with Crippen LogP contribution in [-0.2, 0) is 15.7 Å². The number of nitrogens with one attached hydrogen (secondary N) is 1. The summed E-state index contributed by atoms with van der Waals surface area (Å²) >= 11 is 17.5. The molecule has 2 rings (SSSR count). The van der Waals surface area contributed by atoms with Gasteiger partial charge in [0.2, 0.25) is 0 Å². The van der Waals surface area contributed by atoms with Gasteiger partial charge in [0.05, 0.1) is 26.9 Å². The van der Waals surface area contributed by atoms with E-state index in [1.807, 2.05) is 0 Å². The molecular formula is C16H9Cl3F3NO3. The molecule has 0 spiro atoms. The Hall–Kier alpha value is -1.96. The van der Waals surface area contributed by atoms with Gasteiger partial charge >= 0.3 is 12.1 Å². The van der Waals surface area contributed by atoms with Crippen LogP contribution in [-0.4, -0.2) is 18.5 Å². The SMILES string of the molecule is O=C(COC(=O)c1cccc(C(F)(F)F)c1)Nc1c(Cl)cc(Cl)cc1Cl. The number of rotatable bonds is 4. The molecule has 0 aliphatic carbocycles. The predicted octanol–water partition coefficient (Wildman–Crippen LogP) is 5.46. The summed E-state index contributed by atoms with van der Waals surface area (Å²) in [6.45, 7) is -0.746. The predicted molar refractivity (Wildman–Crippen MR) is 91.8 cm³/mol. The summed E-state index contributed by atoms with van der Waals surface area (Å²) in [7, 11) is 0. The lowest BCUT2D eigenvalue weighted by Crippen LogP contribution is -2.21. The minimum absolute atomic E-state index is 0.0675. The molecule has 1 N–H and O–H groups in total. The molecule has 0 fully saturated rings. The summed E-state index contributed by atoms with van der Waals surface area (Å²) in [5.74, 6) is -1.86. The molecule has 0 unspecified atom stereocenters. The first-order chi connectivity index (χ1) is 12.1. The lowest BCUT2D eigenvalue weighted by Gasteiger charge is -2.11. The fourth-order valence-corrected chi connectivity index (χ4v) is 2.79. The van der Waals surface area contributed by atoms with E-state index in [0.29, 0.717) is 6.07 Å². The molecule has 2 aromatic carbocycles. The van der Waals surface area contributed by atoms with E-state index in [-0.39, 0.29) is 26.3 Å². The van der Waals surface area contributed by atoms with Crippen molar-refractivity contribution in [1.82, 2.24) is 0 Å². The first-order valence-corrected chi connectivity index (χ1v) is 8.00. The molecule has 26 heavy (non-hydrogen) atoms. The monoisotopic (exact) mass is 425 g/mol. The largest absolute Gasteiger partial charge is 0.452 e. The summed E-state index contributed by atoms with van der Waals surface area (Å²) in [6, 6.07) is 6.34. The van der Waals surface area contributed by atoms with Crippen molar-refractivity contribution in [2.45, 2.75) is 6.18 Å². The van der Waals surface area contributed by atoms with E-state index < -0.39 is 30.2 Å². The first kappa shape index (κ1) is 20.4. The number of alkyl halides is 3. The van der Waals surface area contributed by atoms with Crippen molar-refractivity contribution < 1.29 is 27.5 Å². The van der Waals surface area contributed by atoms with Crippen molar-refractivity contribution in [3.8, 4) is 0 Å². The van der Waals surface area contributed by atoms with Crippen molar-refractivity contribution in [2.75, 3.05) is 11.9 Å². The van der Waals surface area contributed by atoms with Crippen LogP contribution in [0.15, 0.2) is 36.4 Å². The summed E-state index contributed by atoms with van der Waals surface area (Å²) in [4.78, 5) is 23.7. The van der Waals surface area contributed by atoms with Gasteiger partial charge in [-0.25, -0.2) is 4.79 Å². The number of ether oxygens (including phenoxy) is 1. The van der Waals surface area contributed by atoms with Gasteiger partial charge in [0, 0.05) is 5.02 Å². The highest BCUT2D eigenvalue weighted by Gasteiger charge is 2.31. The van der Waals surface area contributed by atoms with E-state index in [0.717, 1.165) is 18.2 Å². The Bertz CT molecular complexity index is 833. The van der Waals surface area contributed by atoms with Crippen LogP contribution in [0.4, 0.5) is 18.9 Å². The third-order valence-electron chi connectivity index (χ3n) is 3.03. The van der Waals surface area contributed by atoms with E-state index >= 15 is 0 Å². The zero-order valence-electron chi connectivity index (χ0n) is 12.7. The van der Waals surface area contributed by atoms with E-state index in [4.69, 9.17) is 39.5 Å². The fourth-order valence-electron chi connectivity index (χ4n) is 1.87. The Morgan fingerprint density at radius 2 is 1.65 bits per heavy atom. The number of benzene rings is 2. The van der Waals surface area contributed by atoms with Gasteiger partial charge in [-0.05, 0) is 30.3 Å². The third kappa shape index (κ3) is 5.27. The molecule has 10 heteroatoms. The Labute approximate surface area is 160 Å². The Morgan fingerprint density at radius 1 is 1.04 bits per heavy atom. The Balaban J connectivity index is 2.01. The van der Waals surface area contributed by atoms with Crippen molar-refractivity contribution in [3.05, 3.63) is 62.6 Å². The second-order valence-electron chi connectivity index (χ2n) is 4.95. The molecule has 0 aromatic heterocycles. The number of esters is 1. The molecule has 1 amide bonds. The molecule has 0 heterocycles. The van der Waals surface area contributed by atoms with Crippen LogP contribution in [0.5, 0.6) is 0 Å². The van der Waals surface area contributed by atoms with Gasteiger partial charge in [-0.1, -0.05) is 40.9 Å². The van der Waals surface area contributed by atoms with Crippen molar-refractivity contribution in [2.24, 2.45) is 0 Å². The molecule has 0 saturated heterocycles. The molecule has 0 saturated carbocycles. The Kier molecular flexibility index (Phi) is 6.39. The molecule has 0 atom stereocenters. The molecular weight excluding hydrogens is 418 g/mol. The van der Waals surface area contributed by atoms with E-state index in [2.05, 4.69) is 5.32 Å². The average molecular weight is 427 g/mol. The van der Waals surface area contributed by atoms with Crippen LogP contribution >= 0.6 is 34.8 Å². The highest BCUT2D eigenvalue weighted by Crippen LogP contribution is 2.33. The minimum atomic E-state index is -4.60. The van der Waals surface area contributed by atoms with E-state index in [1.165, 1.54) is 12.1 Å². The lowest BCUT2D eigenvalue weighted by molar-refractivity contribution is -0.137. The zero-order chi connectivity index (χ0) is 19.5. The number of hydrogen-bond donors (Lipinski definition) is 1. The summed E-state index contributed by atoms with van der Waals surface area (Å²) in [5, 5.41) is 2.73. The molecule has 138 valence electrons. The standard InChI is InChI=1S/C16H9Cl3F3NO3/c17-10-5-11(18)14(12(19)6-10)23-13(24)7-26-15(25)8-2-1-3-9(4-8)16(20,21)22/h1-6H,7H2,(H,23,24). The summed E-state index contributed by atoms with van der Waals surface area (Å²) < 4.78 is 42.6. The second-order valence-corrected chi connectivity index (χ2v) is 6.20. The van der Waals surface area contributed by atoms with Gasteiger partial charge < -0.3 is 10.1 Å². The second kappa shape index (κ2) is 8.16. The normalized spacial score (nSPS) is 11.2. The number of anilines is 1. The highest BCUT2D eigenvalue weighted by molar-refractivity contribution is 6.42. The first-order valence-electron chi connectivity index (χ1n) is 6.86. The number of carbonyl (C=O) groups excluding carboxylic acids is 2. The molecule has 0 bridgehead atoms. The Morgan fingerprint density at radius 3 is 2.23 bits per heavy atom. The third-order valence-corrected chi connectivity index (χ3v) is 3.85. The maximum atomic E-state index is 12.6. The zero-order valence-corrected chi connectivity index (χ0v) is 14.9. The number of hydrogen-bond acceptors (Lipinski definition) is 3. The minimum Gasteiger partial charge on any atom is -0.452 e. The lowest BCUT2D eigenvalue weighted by atomic mass is 10.1. The van der Waals surface area contributed by atoms with Crippen LogP contribution in [0.2, 0.25) is 15.1 Å². The maximum Gasteiger partial charge on any atom is 0.416 e. The smallest absolute Gasteiger partial charge is 0.416 e. The van der Waals surface area contributed by atoms with Crippen LogP contribution in [0.1, 0.15) is 15.9 Å². The number of amides is 1. The van der Waals surface area contributed by atoms with Gasteiger partial charge in [-0.3, -0.25) is 4.79 Å². The average Bonchev–Trinajstić information content (AvgIpc) is 2.55. The van der Waals surface area contributed by atoms with Crippen molar-refractivity contribution in [3.63, 3.8) is 0 Å². The highest BCUT2D eigenvalue weighted by atomic mass is 35.5. The van der Waals surface area contributed by atoms with Crippen molar-refractivity contribution >= 4 is 52.4 Å². The van der Waals surface area contributed by atoms with Crippen LogP contribution in [0.25, 0.3) is 0 Å². The number of carbonyl (C=O) groups is 2. The van der Waals surface area contributed by atoms with E-state index in [1.54, 1.807) is 0 Å². The summed E-state index contributed by atoms with van der Waals surface area (Å²) in [5.41, 5.74) is -1.27. The van der Waals surface area contributed by atoms with Gasteiger partial charge in [-0.2, -0.15) is 13.2 Å². The molecule has 0 aliphatic heterocycles. The quantitative estimate of drug-likeness (QED) is 0.661. The molecule has 0 aliphatic rings. The van der Waals surface area contributed by atoms with Crippen LogP contribution in [0.3, 0.4) is 0 Å². The fraction of sp³-hybridized carbons (Fsp3) is 0.125. The van der Waals surface area contributed by atoms with Crippen molar-refractivity contribution in [1.29, 1.82) is 0 Å². The van der Waals surface area contributed by atoms with Gasteiger partial charge in [0.15, 0.2) is 6.61 Å². The maximum absolute atomic E-state index is 12.6. The van der Waals surface area contributed by atoms with Crippen LogP contribution < -0.4 is 5.32 Å². The van der Waals surface area contributed by atoms with Gasteiger partial charge in [0.25, 0.3) is 5.91 Å². The molecule has 4 nitrogen and oxygen atoms in total. The number of halogens is 6. The summed E-state index contributed by atoms with van der Waals surface area (Å²) in [6.07, 6.45) is -4.60. The topological polar surface area (TPSA) is 55.4 Å². The van der Waals surface area contributed by atoms with Crippen LogP contribution in [0, 0.1) is 0 Å². The van der Waals surface area contributed by atoms with E-state index in [9.17, 15) is 22.8 Å². The molecule has 0 radical (unpaired) electrons. The van der Waals surface area contributed by atoms with Gasteiger partial charge in [0.1, 0.15) is 0 Å². The van der Waals surface area contributed by atoms with Gasteiger partial charge in [-0.15, -0.1) is 0 Å².